The highest BCUT2D eigenvalue weighted by molar-refractivity contribution is 8.08. The smallest absolute Gasteiger partial charge is 0.202 e. The van der Waals surface area contributed by atoms with Gasteiger partial charge in [-0.3, -0.25) is 9.59 Å². The Bertz CT molecular complexity index is 830. The minimum absolute atomic E-state index is 0.141. The van der Waals surface area contributed by atoms with Crippen LogP contribution in [0, 0.1) is 0 Å². The monoisotopic (exact) mass is 364 g/mol. The van der Waals surface area contributed by atoms with Crippen LogP contribution in [0.4, 0.5) is 0 Å². The molecule has 0 aliphatic carbocycles. The quantitative estimate of drug-likeness (QED) is 0.579. The van der Waals surface area contributed by atoms with Crippen LogP contribution in [0.5, 0.6) is 0 Å². The first kappa shape index (κ1) is 14.4. The fourth-order valence-corrected chi connectivity index (χ4v) is 5.00. The second-order valence-electron chi connectivity index (χ2n) is 4.80. The van der Waals surface area contributed by atoms with Gasteiger partial charge in [0.15, 0.2) is 0 Å². The molecule has 2 aliphatic rings. The number of ketones is 2. The van der Waals surface area contributed by atoms with Crippen LogP contribution in [-0.2, 0) is 0 Å². The van der Waals surface area contributed by atoms with Crippen LogP contribution in [0.15, 0.2) is 56.0 Å². The van der Waals surface area contributed by atoms with E-state index in [1.807, 2.05) is 12.1 Å². The zero-order chi connectivity index (χ0) is 15.4. The van der Waals surface area contributed by atoms with E-state index in [1.165, 1.54) is 23.5 Å². The third-order valence-electron chi connectivity index (χ3n) is 3.42. The van der Waals surface area contributed by atoms with Crippen molar-refractivity contribution in [3.05, 3.63) is 67.4 Å². The van der Waals surface area contributed by atoms with Gasteiger partial charge in [-0.15, -0.1) is 0 Å². The maximum atomic E-state index is 12.6. The van der Waals surface area contributed by atoms with Gasteiger partial charge in [0, 0.05) is 31.0 Å². The van der Waals surface area contributed by atoms with Crippen molar-refractivity contribution in [2.75, 3.05) is 0 Å². The average Bonchev–Trinajstić information content (AvgIpc) is 2.98. The summed E-state index contributed by atoms with van der Waals surface area (Å²) in [5.74, 6) is -0.283. The van der Waals surface area contributed by atoms with Gasteiger partial charge in [-0.25, -0.2) is 0 Å². The molecule has 0 saturated carbocycles. The number of fused-ring (bicyclic) bond motifs is 2. The highest BCUT2D eigenvalue weighted by Crippen LogP contribution is 2.50. The lowest BCUT2D eigenvalue weighted by atomic mass is 10.1. The van der Waals surface area contributed by atoms with Crippen molar-refractivity contribution < 1.29 is 9.59 Å². The van der Waals surface area contributed by atoms with Crippen LogP contribution in [0.1, 0.15) is 20.7 Å². The molecular formula is C16H6Cl2O2S2. The number of halogens is 2. The van der Waals surface area contributed by atoms with E-state index in [0.717, 1.165) is 9.79 Å². The number of hydrogen-bond donors (Lipinski definition) is 0. The van der Waals surface area contributed by atoms with Crippen LogP contribution in [0.3, 0.4) is 0 Å². The lowest BCUT2D eigenvalue weighted by Gasteiger charge is -1.98. The highest BCUT2D eigenvalue weighted by atomic mass is 35.5. The van der Waals surface area contributed by atoms with Gasteiger partial charge < -0.3 is 0 Å². The van der Waals surface area contributed by atoms with Gasteiger partial charge >= 0.3 is 0 Å². The molecule has 0 radical (unpaired) electrons. The van der Waals surface area contributed by atoms with Crippen LogP contribution in [-0.4, -0.2) is 11.6 Å². The first-order valence-electron chi connectivity index (χ1n) is 6.33. The average molecular weight is 365 g/mol. The Morgan fingerprint density at radius 3 is 1.50 bits per heavy atom. The standard InChI is InChI=1S/C16H6Cl2O2S2/c17-7-1-3-11-9(5-7)13(19)15(21-11)16-14(20)10-6-8(18)2-4-12(10)22-16/h1-6H/b16-15-. The van der Waals surface area contributed by atoms with Crippen molar-refractivity contribution in [2.24, 2.45) is 0 Å². The molecule has 2 heterocycles. The predicted molar refractivity (Wildman–Crippen MR) is 90.3 cm³/mol. The molecule has 6 heteroatoms. The number of Topliss-reactive ketones (excluding diaryl/α,β-unsaturated/α-hetero) is 2. The zero-order valence-corrected chi connectivity index (χ0v) is 14.0. The minimum Gasteiger partial charge on any atom is -0.288 e. The second kappa shape index (κ2) is 5.17. The van der Waals surface area contributed by atoms with E-state index in [1.54, 1.807) is 24.3 Å². The van der Waals surface area contributed by atoms with E-state index in [2.05, 4.69) is 0 Å². The molecule has 0 atom stereocenters. The molecule has 2 nitrogen and oxygen atoms in total. The molecular weight excluding hydrogens is 359 g/mol. The Labute approximate surface area is 144 Å². The molecule has 0 bridgehead atoms. The fraction of sp³-hybridized carbons (Fsp3) is 0. The summed E-state index contributed by atoms with van der Waals surface area (Å²) in [6, 6.07) is 10.4. The summed E-state index contributed by atoms with van der Waals surface area (Å²) in [4.78, 5) is 27.8. The van der Waals surface area contributed by atoms with Gasteiger partial charge in [0.25, 0.3) is 0 Å². The lowest BCUT2D eigenvalue weighted by Crippen LogP contribution is -2.02. The van der Waals surface area contributed by atoms with Gasteiger partial charge in [0.1, 0.15) is 0 Å². The molecule has 0 fully saturated rings. The van der Waals surface area contributed by atoms with Crippen LogP contribution < -0.4 is 0 Å². The van der Waals surface area contributed by atoms with Gasteiger partial charge in [0.2, 0.25) is 11.6 Å². The molecule has 2 aromatic carbocycles. The van der Waals surface area contributed by atoms with Crippen molar-refractivity contribution in [2.45, 2.75) is 9.79 Å². The Kier molecular flexibility index (Phi) is 3.38. The van der Waals surface area contributed by atoms with Crippen molar-refractivity contribution in [3.8, 4) is 0 Å². The maximum Gasteiger partial charge on any atom is 0.202 e. The first-order chi connectivity index (χ1) is 10.5. The van der Waals surface area contributed by atoms with Gasteiger partial charge in [-0.1, -0.05) is 46.7 Å². The molecule has 2 aromatic rings. The summed E-state index contributed by atoms with van der Waals surface area (Å²) in [6.07, 6.45) is 0. The van der Waals surface area contributed by atoms with Crippen LogP contribution in [0.25, 0.3) is 0 Å². The topological polar surface area (TPSA) is 34.1 Å². The molecule has 0 spiro atoms. The normalized spacial score (nSPS) is 19.5. The SMILES string of the molecule is O=C1/C(=C2/Sc3ccc(Cl)cc3C2=O)Sc2ccc(Cl)cc21. The number of benzene rings is 2. The Morgan fingerprint density at radius 2 is 1.09 bits per heavy atom. The summed E-state index contributed by atoms with van der Waals surface area (Å²) < 4.78 is 0. The number of hydrogen-bond acceptors (Lipinski definition) is 4. The zero-order valence-electron chi connectivity index (χ0n) is 10.9. The van der Waals surface area contributed by atoms with E-state index in [9.17, 15) is 9.59 Å². The molecule has 0 amide bonds. The summed E-state index contributed by atoms with van der Waals surface area (Å²) in [7, 11) is 0. The summed E-state index contributed by atoms with van der Waals surface area (Å²) in [5.41, 5.74) is 1.12. The van der Waals surface area contributed by atoms with Crippen molar-refractivity contribution >= 4 is 58.3 Å². The predicted octanol–water partition coefficient (Wildman–Crippen LogP) is 5.48. The third-order valence-corrected chi connectivity index (χ3v) is 6.35. The molecule has 2 aliphatic heterocycles. The number of rotatable bonds is 0. The largest absolute Gasteiger partial charge is 0.288 e. The van der Waals surface area contributed by atoms with Crippen molar-refractivity contribution in [1.82, 2.24) is 0 Å². The van der Waals surface area contributed by atoms with E-state index in [0.29, 0.717) is 31.0 Å². The molecule has 0 saturated heterocycles. The maximum absolute atomic E-state index is 12.6. The number of thioether (sulfide) groups is 2. The molecule has 22 heavy (non-hydrogen) atoms. The first-order valence-corrected chi connectivity index (χ1v) is 8.72. The number of carbonyl (C=O) groups excluding carboxylic acids is 2. The Hall–Kier alpha value is -1.20. The van der Waals surface area contributed by atoms with Gasteiger partial charge in [0.05, 0.1) is 9.81 Å². The molecule has 0 aromatic heterocycles. The number of allylic oxidation sites excluding steroid dienone is 2. The molecule has 4 rings (SSSR count). The van der Waals surface area contributed by atoms with Crippen molar-refractivity contribution in [3.63, 3.8) is 0 Å². The highest BCUT2D eigenvalue weighted by Gasteiger charge is 2.36. The van der Waals surface area contributed by atoms with E-state index in [4.69, 9.17) is 23.2 Å². The third kappa shape index (κ3) is 2.14. The van der Waals surface area contributed by atoms with Crippen LogP contribution >= 0.6 is 46.7 Å². The molecule has 108 valence electrons. The van der Waals surface area contributed by atoms with E-state index in [-0.39, 0.29) is 11.6 Å². The van der Waals surface area contributed by atoms with Gasteiger partial charge in [-0.05, 0) is 36.4 Å². The fourth-order valence-electron chi connectivity index (χ4n) is 2.39. The van der Waals surface area contributed by atoms with Gasteiger partial charge in [-0.2, -0.15) is 0 Å². The molecule has 0 N–H and O–H groups in total. The summed E-state index contributed by atoms with van der Waals surface area (Å²) in [5, 5.41) is 1.03. The lowest BCUT2D eigenvalue weighted by molar-refractivity contribution is 0.101. The van der Waals surface area contributed by atoms with E-state index < -0.39 is 0 Å². The van der Waals surface area contributed by atoms with E-state index >= 15 is 0 Å². The summed E-state index contributed by atoms with van der Waals surface area (Å²) in [6.45, 7) is 0. The second-order valence-corrected chi connectivity index (χ2v) is 7.78. The van der Waals surface area contributed by atoms with Crippen molar-refractivity contribution in [1.29, 1.82) is 0 Å². The summed E-state index contributed by atoms with van der Waals surface area (Å²) >= 11 is 14.6. The Balaban J connectivity index is 1.82. The Morgan fingerprint density at radius 1 is 0.682 bits per heavy atom. The van der Waals surface area contributed by atoms with Crippen LogP contribution in [0.2, 0.25) is 10.0 Å². The molecule has 0 unspecified atom stereocenters. The minimum atomic E-state index is -0.141. The number of carbonyl (C=O) groups is 2.